The van der Waals surface area contributed by atoms with Crippen LogP contribution in [-0.4, -0.2) is 26.9 Å². The molecule has 0 fully saturated rings. The molecule has 0 radical (unpaired) electrons. The number of carbonyl (C=O) groups excluding carboxylic acids is 1. The summed E-state index contributed by atoms with van der Waals surface area (Å²) in [6.45, 7) is 4.37. The number of nitrogens with two attached hydrogens (primary N) is 1. The van der Waals surface area contributed by atoms with Gasteiger partial charge in [0.1, 0.15) is 0 Å². The van der Waals surface area contributed by atoms with Gasteiger partial charge in [0.25, 0.3) is 0 Å². The summed E-state index contributed by atoms with van der Waals surface area (Å²) in [5.74, 6) is -0.193. The van der Waals surface area contributed by atoms with E-state index in [9.17, 15) is 13.2 Å². The van der Waals surface area contributed by atoms with E-state index < -0.39 is 16.1 Å². The van der Waals surface area contributed by atoms with Crippen molar-refractivity contribution in [2.75, 3.05) is 6.54 Å². The summed E-state index contributed by atoms with van der Waals surface area (Å²) in [6, 6.07) is 5.89. The molecule has 1 amide bonds. The normalized spacial score (nSPS) is 12.9. The highest BCUT2D eigenvalue weighted by Gasteiger charge is 2.13. The molecule has 0 heterocycles. The molecule has 118 valence electrons. The molecule has 1 aromatic carbocycles. The molecule has 1 atom stereocenters. The van der Waals surface area contributed by atoms with E-state index in [1.165, 1.54) is 12.1 Å². The van der Waals surface area contributed by atoms with Crippen LogP contribution in [0.5, 0.6) is 0 Å². The van der Waals surface area contributed by atoms with Crippen LogP contribution in [0.3, 0.4) is 0 Å². The Morgan fingerprint density at radius 1 is 1.24 bits per heavy atom. The number of sulfonamides is 1. The molecule has 0 aromatic heterocycles. The third kappa shape index (κ3) is 5.45. The average molecular weight is 313 g/mol. The van der Waals surface area contributed by atoms with Gasteiger partial charge in [-0.15, -0.1) is 0 Å². The standard InChI is InChI=1S/C14H23N3O3S/c1-3-5-13(15)14(18)16-10-11-6-8-12(9-7-11)21(19,20)17-4-2/h6-9,13,17H,3-5,10,15H2,1-2H3,(H,16,18). The number of amides is 1. The van der Waals surface area contributed by atoms with Crippen molar-refractivity contribution in [2.45, 2.75) is 44.2 Å². The molecule has 0 spiro atoms. The van der Waals surface area contributed by atoms with E-state index >= 15 is 0 Å². The maximum absolute atomic E-state index is 11.8. The van der Waals surface area contributed by atoms with Gasteiger partial charge < -0.3 is 11.1 Å². The topological polar surface area (TPSA) is 101 Å². The largest absolute Gasteiger partial charge is 0.351 e. The molecule has 7 heteroatoms. The van der Waals surface area contributed by atoms with Crippen molar-refractivity contribution in [1.82, 2.24) is 10.0 Å². The van der Waals surface area contributed by atoms with Crippen LogP contribution in [-0.2, 0) is 21.4 Å². The molecule has 6 nitrogen and oxygen atoms in total. The molecule has 4 N–H and O–H groups in total. The highest BCUT2D eigenvalue weighted by Crippen LogP contribution is 2.10. The maximum atomic E-state index is 11.8. The predicted molar refractivity (Wildman–Crippen MR) is 82.0 cm³/mol. The number of carbonyl (C=O) groups is 1. The lowest BCUT2D eigenvalue weighted by Gasteiger charge is -2.11. The third-order valence-corrected chi connectivity index (χ3v) is 4.53. The monoisotopic (exact) mass is 313 g/mol. The van der Waals surface area contributed by atoms with Gasteiger partial charge in [0, 0.05) is 13.1 Å². The molecule has 0 saturated carbocycles. The highest BCUT2D eigenvalue weighted by atomic mass is 32.2. The zero-order valence-electron chi connectivity index (χ0n) is 12.4. The van der Waals surface area contributed by atoms with Gasteiger partial charge in [-0.25, -0.2) is 13.1 Å². The van der Waals surface area contributed by atoms with Crippen LogP contribution >= 0.6 is 0 Å². The van der Waals surface area contributed by atoms with E-state index in [4.69, 9.17) is 5.73 Å². The van der Waals surface area contributed by atoms with Gasteiger partial charge in [-0.1, -0.05) is 32.4 Å². The quantitative estimate of drug-likeness (QED) is 0.658. The number of rotatable bonds is 8. The molecule has 0 aliphatic heterocycles. The van der Waals surface area contributed by atoms with Crippen molar-refractivity contribution in [2.24, 2.45) is 5.73 Å². The summed E-state index contributed by atoms with van der Waals surface area (Å²) in [5.41, 5.74) is 6.53. The zero-order chi connectivity index (χ0) is 15.9. The Balaban J connectivity index is 2.62. The van der Waals surface area contributed by atoms with Crippen LogP contribution < -0.4 is 15.8 Å². The summed E-state index contributed by atoms with van der Waals surface area (Å²) in [6.07, 6.45) is 1.50. The SMILES string of the molecule is CCCC(N)C(=O)NCc1ccc(S(=O)(=O)NCC)cc1. The third-order valence-electron chi connectivity index (χ3n) is 2.97. The molecule has 1 aromatic rings. The molecule has 0 aliphatic carbocycles. The Bertz CT molecular complexity index is 555. The van der Waals surface area contributed by atoms with Crippen molar-refractivity contribution in [3.8, 4) is 0 Å². The van der Waals surface area contributed by atoms with Crippen molar-refractivity contribution in [3.05, 3.63) is 29.8 Å². The second-order valence-electron chi connectivity index (χ2n) is 4.76. The second kappa shape index (κ2) is 8.11. The lowest BCUT2D eigenvalue weighted by Crippen LogP contribution is -2.40. The fraction of sp³-hybridized carbons (Fsp3) is 0.500. The first-order valence-corrected chi connectivity index (χ1v) is 8.51. The first-order chi connectivity index (χ1) is 9.90. The fourth-order valence-electron chi connectivity index (χ4n) is 1.82. The summed E-state index contributed by atoms with van der Waals surface area (Å²) in [4.78, 5) is 11.9. The Labute approximate surface area is 126 Å². The molecule has 1 unspecified atom stereocenters. The molecule has 1 rings (SSSR count). The van der Waals surface area contributed by atoms with E-state index in [-0.39, 0.29) is 10.8 Å². The first kappa shape index (κ1) is 17.6. The minimum Gasteiger partial charge on any atom is -0.351 e. The lowest BCUT2D eigenvalue weighted by molar-refractivity contribution is -0.122. The minimum atomic E-state index is -3.44. The van der Waals surface area contributed by atoms with Crippen molar-refractivity contribution in [3.63, 3.8) is 0 Å². The molecular formula is C14H23N3O3S. The van der Waals surface area contributed by atoms with Crippen LogP contribution in [0.4, 0.5) is 0 Å². The Morgan fingerprint density at radius 3 is 2.38 bits per heavy atom. The van der Waals surface area contributed by atoms with Gasteiger partial charge in [-0.2, -0.15) is 0 Å². The molecule has 0 bridgehead atoms. The van der Waals surface area contributed by atoms with Gasteiger partial charge in [0.05, 0.1) is 10.9 Å². The van der Waals surface area contributed by atoms with E-state index in [2.05, 4.69) is 10.0 Å². The van der Waals surface area contributed by atoms with E-state index in [1.807, 2.05) is 6.92 Å². The minimum absolute atomic E-state index is 0.193. The van der Waals surface area contributed by atoms with Crippen LogP contribution in [0.25, 0.3) is 0 Å². The predicted octanol–water partition coefficient (Wildman–Crippen LogP) is 0.728. The summed E-state index contributed by atoms with van der Waals surface area (Å²) in [7, 11) is -3.44. The average Bonchev–Trinajstić information content (AvgIpc) is 2.45. The van der Waals surface area contributed by atoms with Gasteiger partial charge in [0.15, 0.2) is 0 Å². The van der Waals surface area contributed by atoms with Gasteiger partial charge in [0.2, 0.25) is 15.9 Å². The van der Waals surface area contributed by atoms with Crippen LogP contribution in [0.2, 0.25) is 0 Å². The smallest absolute Gasteiger partial charge is 0.240 e. The van der Waals surface area contributed by atoms with Crippen LogP contribution in [0.1, 0.15) is 32.3 Å². The Morgan fingerprint density at radius 2 is 1.86 bits per heavy atom. The number of nitrogens with one attached hydrogen (secondary N) is 2. The van der Waals surface area contributed by atoms with Gasteiger partial charge in [-0.05, 0) is 24.1 Å². The fourth-order valence-corrected chi connectivity index (χ4v) is 2.86. The number of hydrogen-bond donors (Lipinski definition) is 3. The number of hydrogen-bond acceptors (Lipinski definition) is 4. The van der Waals surface area contributed by atoms with Gasteiger partial charge in [-0.3, -0.25) is 4.79 Å². The number of benzene rings is 1. The van der Waals surface area contributed by atoms with E-state index in [0.29, 0.717) is 19.5 Å². The highest BCUT2D eigenvalue weighted by molar-refractivity contribution is 7.89. The molecule has 21 heavy (non-hydrogen) atoms. The second-order valence-corrected chi connectivity index (χ2v) is 6.53. The van der Waals surface area contributed by atoms with Crippen LogP contribution in [0.15, 0.2) is 29.2 Å². The van der Waals surface area contributed by atoms with Crippen molar-refractivity contribution in [1.29, 1.82) is 0 Å². The first-order valence-electron chi connectivity index (χ1n) is 7.02. The van der Waals surface area contributed by atoms with E-state index in [1.54, 1.807) is 19.1 Å². The molecule has 0 aliphatic rings. The zero-order valence-corrected chi connectivity index (χ0v) is 13.2. The molecule has 0 saturated heterocycles. The summed E-state index contributed by atoms with van der Waals surface area (Å²) < 4.78 is 26.0. The van der Waals surface area contributed by atoms with Crippen LogP contribution in [0, 0.1) is 0 Å². The van der Waals surface area contributed by atoms with Crippen molar-refractivity contribution < 1.29 is 13.2 Å². The summed E-state index contributed by atoms with van der Waals surface area (Å²) in [5, 5.41) is 2.74. The van der Waals surface area contributed by atoms with Crippen molar-refractivity contribution >= 4 is 15.9 Å². The molecular weight excluding hydrogens is 290 g/mol. The lowest BCUT2D eigenvalue weighted by atomic mass is 10.1. The van der Waals surface area contributed by atoms with E-state index in [0.717, 1.165) is 12.0 Å². The van der Waals surface area contributed by atoms with Gasteiger partial charge >= 0.3 is 0 Å². The summed E-state index contributed by atoms with van der Waals surface area (Å²) >= 11 is 0. The maximum Gasteiger partial charge on any atom is 0.240 e. The Hall–Kier alpha value is -1.44. The Kier molecular flexibility index (Phi) is 6.80.